The highest BCUT2D eigenvalue weighted by atomic mass is 35.5. The van der Waals surface area contributed by atoms with Crippen LogP contribution >= 0.6 is 11.6 Å². The molecule has 0 unspecified atom stereocenters. The summed E-state index contributed by atoms with van der Waals surface area (Å²) in [7, 11) is 1.81. The van der Waals surface area contributed by atoms with Crippen LogP contribution < -0.4 is 0 Å². The summed E-state index contributed by atoms with van der Waals surface area (Å²) < 4.78 is 0. The first-order chi connectivity index (χ1) is 9.15. The van der Waals surface area contributed by atoms with Gasteiger partial charge in [0.25, 0.3) is 0 Å². The maximum Gasteiger partial charge on any atom is 0.320 e. The first-order valence-electron chi connectivity index (χ1n) is 6.19. The summed E-state index contributed by atoms with van der Waals surface area (Å²) in [5.74, 6) is 0. The lowest BCUT2D eigenvalue weighted by Crippen LogP contribution is -2.29. The minimum atomic E-state index is 0.0456. The van der Waals surface area contributed by atoms with Crippen molar-refractivity contribution in [2.45, 2.75) is 6.54 Å². The summed E-state index contributed by atoms with van der Waals surface area (Å²) in [6.45, 7) is 2.01. The molecule has 0 aliphatic carbocycles. The van der Waals surface area contributed by atoms with Gasteiger partial charge in [0, 0.05) is 31.1 Å². The van der Waals surface area contributed by atoms with Crippen molar-refractivity contribution in [2.75, 3.05) is 20.1 Å². The molecule has 0 spiro atoms. The van der Waals surface area contributed by atoms with Crippen LogP contribution in [0.15, 0.2) is 30.3 Å². The van der Waals surface area contributed by atoms with Crippen molar-refractivity contribution in [3.63, 3.8) is 0 Å². The summed E-state index contributed by atoms with van der Waals surface area (Å²) in [4.78, 5) is 19.7. The molecule has 0 atom stereocenters. The summed E-state index contributed by atoms with van der Waals surface area (Å²) in [5, 5.41) is 1.52. The molecule has 98 valence electrons. The van der Waals surface area contributed by atoms with E-state index < -0.39 is 0 Å². The van der Waals surface area contributed by atoms with Crippen molar-refractivity contribution < 1.29 is 4.79 Å². The Hall–Kier alpha value is -1.81. The van der Waals surface area contributed by atoms with Crippen LogP contribution in [-0.4, -0.2) is 41.0 Å². The zero-order valence-electron chi connectivity index (χ0n) is 10.6. The van der Waals surface area contributed by atoms with Gasteiger partial charge in [-0.25, -0.2) is 9.78 Å². The van der Waals surface area contributed by atoms with Gasteiger partial charge in [0.2, 0.25) is 0 Å². The van der Waals surface area contributed by atoms with Crippen LogP contribution in [-0.2, 0) is 6.54 Å². The van der Waals surface area contributed by atoms with Crippen LogP contribution in [0.5, 0.6) is 0 Å². The van der Waals surface area contributed by atoms with Gasteiger partial charge in [-0.05, 0) is 12.1 Å². The summed E-state index contributed by atoms with van der Waals surface area (Å²) in [5.41, 5.74) is 1.77. The van der Waals surface area contributed by atoms with Crippen molar-refractivity contribution in [1.82, 2.24) is 14.8 Å². The Bertz CT molecular complexity index is 644. The number of urea groups is 1. The molecule has 2 heterocycles. The predicted molar refractivity (Wildman–Crippen MR) is 75.2 cm³/mol. The number of para-hydroxylation sites is 1. The number of pyridine rings is 1. The van der Waals surface area contributed by atoms with Gasteiger partial charge >= 0.3 is 6.03 Å². The number of hydrogen-bond donors (Lipinski definition) is 0. The first kappa shape index (κ1) is 12.2. The molecule has 2 aromatic rings. The number of rotatable bonds is 2. The maximum absolute atomic E-state index is 11.9. The van der Waals surface area contributed by atoms with Crippen molar-refractivity contribution in [3.05, 3.63) is 41.0 Å². The second-order valence-corrected chi connectivity index (χ2v) is 5.11. The molecule has 0 radical (unpaired) electrons. The lowest BCUT2D eigenvalue weighted by Gasteiger charge is -2.16. The molecule has 1 saturated heterocycles. The smallest absolute Gasteiger partial charge is 0.320 e. The summed E-state index contributed by atoms with van der Waals surface area (Å²) in [6, 6.07) is 9.89. The number of fused-ring (bicyclic) bond motifs is 1. The topological polar surface area (TPSA) is 36.4 Å². The maximum atomic E-state index is 11.9. The Morgan fingerprint density at radius 3 is 2.84 bits per heavy atom. The Balaban J connectivity index is 1.92. The van der Waals surface area contributed by atoms with E-state index in [-0.39, 0.29) is 6.03 Å². The minimum absolute atomic E-state index is 0.0456. The van der Waals surface area contributed by atoms with Crippen LogP contribution in [0, 0.1) is 0 Å². The minimum Gasteiger partial charge on any atom is -0.326 e. The van der Waals surface area contributed by atoms with E-state index in [4.69, 9.17) is 11.6 Å². The number of benzene rings is 1. The van der Waals surface area contributed by atoms with E-state index >= 15 is 0 Å². The predicted octanol–water partition coefficient (Wildman–Crippen LogP) is 2.76. The standard InChI is InChI=1S/C14H14ClN3O/c1-17-6-7-18(14(17)19)9-11-8-10-4-2-3-5-12(10)16-13(11)15/h2-5,8H,6-7,9H2,1H3. The van der Waals surface area contributed by atoms with E-state index in [1.54, 1.807) is 9.80 Å². The van der Waals surface area contributed by atoms with E-state index in [0.717, 1.165) is 29.6 Å². The molecule has 1 aromatic heterocycles. The zero-order valence-corrected chi connectivity index (χ0v) is 11.4. The molecule has 3 rings (SSSR count). The van der Waals surface area contributed by atoms with Gasteiger partial charge in [-0.2, -0.15) is 0 Å². The number of likely N-dealkylation sites (N-methyl/N-ethyl adjacent to an activating group) is 1. The fourth-order valence-electron chi connectivity index (χ4n) is 2.30. The first-order valence-corrected chi connectivity index (χ1v) is 6.57. The molecule has 1 fully saturated rings. The monoisotopic (exact) mass is 275 g/mol. The molecular weight excluding hydrogens is 262 g/mol. The quantitative estimate of drug-likeness (QED) is 0.790. The number of carbonyl (C=O) groups is 1. The largest absolute Gasteiger partial charge is 0.326 e. The van der Waals surface area contributed by atoms with Gasteiger partial charge in [0.1, 0.15) is 5.15 Å². The summed E-state index contributed by atoms with van der Waals surface area (Å²) >= 11 is 6.20. The van der Waals surface area contributed by atoms with E-state index in [1.165, 1.54) is 0 Å². The van der Waals surface area contributed by atoms with E-state index in [2.05, 4.69) is 4.98 Å². The number of aromatic nitrogens is 1. The Kier molecular flexibility index (Phi) is 3.03. The number of nitrogens with zero attached hydrogens (tertiary/aromatic N) is 3. The highest BCUT2D eigenvalue weighted by Crippen LogP contribution is 2.23. The average molecular weight is 276 g/mol. The van der Waals surface area contributed by atoms with Crippen LogP contribution in [0.2, 0.25) is 5.15 Å². The molecular formula is C14H14ClN3O. The third kappa shape index (κ3) is 2.24. The van der Waals surface area contributed by atoms with Gasteiger partial charge in [-0.1, -0.05) is 29.8 Å². The normalized spacial score (nSPS) is 15.6. The van der Waals surface area contributed by atoms with Crippen LogP contribution in [0.1, 0.15) is 5.56 Å². The second-order valence-electron chi connectivity index (χ2n) is 4.76. The summed E-state index contributed by atoms with van der Waals surface area (Å²) in [6.07, 6.45) is 0. The van der Waals surface area contributed by atoms with E-state index in [0.29, 0.717) is 11.7 Å². The van der Waals surface area contributed by atoms with Gasteiger partial charge in [-0.15, -0.1) is 0 Å². The zero-order chi connectivity index (χ0) is 13.4. The molecule has 19 heavy (non-hydrogen) atoms. The lowest BCUT2D eigenvalue weighted by molar-refractivity contribution is 0.197. The average Bonchev–Trinajstić information content (AvgIpc) is 2.71. The molecule has 0 N–H and O–H groups in total. The highest BCUT2D eigenvalue weighted by molar-refractivity contribution is 6.30. The van der Waals surface area contributed by atoms with Gasteiger partial charge in [-0.3, -0.25) is 0 Å². The van der Waals surface area contributed by atoms with Crippen LogP contribution in [0.4, 0.5) is 4.79 Å². The Labute approximate surface area is 116 Å². The van der Waals surface area contributed by atoms with Crippen molar-refractivity contribution in [2.24, 2.45) is 0 Å². The number of amides is 2. The molecule has 1 aromatic carbocycles. The van der Waals surface area contributed by atoms with Crippen LogP contribution in [0.25, 0.3) is 10.9 Å². The Morgan fingerprint density at radius 1 is 1.32 bits per heavy atom. The molecule has 1 aliphatic rings. The van der Waals surface area contributed by atoms with Crippen molar-refractivity contribution in [3.8, 4) is 0 Å². The number of halogens is 1. The van der Waals surface area contributed by atoms with E-state index in [9.17, 15) is 4.79 Å². The molecule has 0 bridgehead atoms. The Morgan fingerprint density at radius 2 is 2.11 bits per heavy atom. The molecule has 4 nitrogen and oxygen atoms in total. The van der Waals surface area contributed by atoms with Gasteiger partial charge < -0.3 is 9.80 Å². The SMILES string of the molecule is CN1CCN(Cc2cc3ccccc3nc2Cl)C1=O. The van der Waals surface area contributed by atoms with E-state index in [1.807, 2.05) is 37.4 Å². The van der Waals surface area contributed by atoms with Gasteiger partial charge in [0.15, 0.2) is 0 Å². The molecule has 0 saturated carbocycles. The lowest BCUT2D eigenvalue weighted by atomic mass is 10.1. The number of carbonyl (C=O) groups excluding carboxylic acids is 1. The molecule has 1 aliphatic heterocycles. The van der Waals surface area contributed by atoms with Crippen LogP contribution in [0.3, 0.4) is 0 Å². The third-order valence-corrected chi connectivity index (χ3v) is 3.74. The highest BCUT2D eigenvalue weighted by Gasteiger charge is 2.25. The fourth-order valence-corrected chi connectivity index (χ4v) is 2.51. The number of hydrogen-bond acceptors (Lipinski definition) is 2. The van der Waals surface area contributed by atoms with Crippen molar-refractivity contribution in [1.29, 1.82) is 0 Å². The fraction of sp³-hybridized carbons (Fsp3) is 0.286. The molecule has 2 amide bonds. The molecule has 5 heteroatoms. The second kappa shape index (κ2) is 4.70. The van der Waals surface area contributed by atoms with Crippen molar-refractivity contribution >= 4 is 28.5 Å². The van der Waals surface area contributed by atoms with Gasteiger partial charge in [0.05, 0.1) is 12.1 Å². The third-order valence-electron chi connectivity index (χ3n) is 3.41.